The summed E-state index contributed by atoms with van der Waals surface area (Å²) in [6.07, 6.45) is 0.846. The number of amides is 2. The van der Waals surface area contributed by atoms with Gasteiger partial charge in [-0.1, -0.05) is 30.3 Å². The van der Waals surface area contributed by atoms with Crippen LogP contribution in [0.15, 0.2) is 30.3 Å². The molecule has 1 aliphatic heterocycles. The predicted octanol–water partition coefficient (Wildman–Crippen LogP) is 2.73. The van der Waals surface area contributed by atoms with Crippen LogP contribution in [-0.4, -0.2) is 61.7 Å². The summed E-state index contributed by atoms with van der Waals surface area (Å²) in [4.78, 5) is 26.0. The van der Waals surface area contributed by atoms with Crippen LogP contribution in [-0.2, 0) is 25.9 Å². The summed E-state index contributed by atoms with van der Waals surface area (Å²) in [6.45, 7) is 5.57. The van der Waals surface area contributed by atoms with E-state index >= 15 is 0 Å². The van der Waals surface area contributed by atoms with Crippen LogP contribution < -0.4 is 5.32 Å². The molecule has 8 nitrogen and oxygen atoms in total. The monoisotopic (exact) mass is 426 g/mol. The third-order valence-electron chi connectivity index (χ3n) is 4.59. The molecule has 0 spiro atoms. The van der Waals surface area contributed by atoms with Gasteiger partial charge in [0.25, 0.3) is 0 Å². The van der Waals surface area contributed by atoms with Crippen LogP contribution >= 0.6 is 0 Å². The number of piperidine rings is 1. The molecule has 9 heteroatoms. The van der Waals surface area contributed by atoms with Gasteiger partial charge in [0.15, 0.2) is 9.84 Å². The Hall–Kier alpha value is -2.29. The molecular formula is C20H30N2O6S. The number of carbonyl (C=O) groups is 2. The molecule has 0 saturated carbocycles. The molecule has 1 aromatic carbocycles. The largest absolute Gasteiger partial charge is 0.445 e. The maximum atomic E-state index is 12.7. The molecule has 162 valence electrons. The Morgan fingerprint density at radius 2 is 1.83 bits per heavy atom. The minimum Gasteiger partial charge on any atom is -0.445 e. The molecule has 0 radical (unpaired) electrons. The van der Waals surface area contributed by atoms with Crippen LogP contribution in [0.2, 0.25) is 0 Å². The SMILES string of the molecule is CC(C)(C)OC(=O)NCC1CCC(S(C)(=O)=O)CN1C(=O)OCc1ccccc1. The first kappa shape index (κ1) is 23.0. The zero-order chi connectivity index (χ0) is 21.7. The molecule has 2 unspecified atom stereocenters. The molecule has 1 aromatic rings. The average Bonchev–Trinajstić information content (AvgIpc) is 2.63. The van der Waals surface area contributed by atoms with Crippen molar-refractivity contribution in [2.45, 2.75) is 57.1 Å². The summed E-state index contributed by atoms with van der Waals surface area (Å²) in [6, 6.07) is 8.86. The van der Waals surface area contributed by atoms with E-state index in [1.54, 1.807) is 20.8 Å². The van der Waals surface area contributed by atoms with E-state index in [9.17, 15) is 18.0 Å². The molecule has 29 heavy (non-hydrogen) atoms. The first-order valence-corrected chi connectivity index (χ1v) is 11.5. The summed E-state index contributed by atoms with van der Waals surface area (Å²) in [5.74, 6) is 0. The molecule has 1 aliphatic rings. The van der Waals surface area contributed by atoms with Gasteiger partial charge in [0.2, 0.25) is 0 Å². The third-order valence-corrected chi connectivity index (χ3v) is 6.18. The Kier molecular flexibility index (Phi) is 7.51. The number of hydrogen-bond acceptors (Lipinski definition) is 6. The van der Waals surface area contributed by atoms with E-state index < -0.39 is 32.9 Å². The highest BCUT2D eigenvalue weighted by Crippen LogP contribution is 2.23. The summed E-state index contributed by atoms with van der Waals surface area (Å²) in [7, 11) is -3.30. The molecule has 2 rings (SSSR count). The number of nitrogens with one attached hydrogen (secondary N) is 1. The van der Waals surface area contributed by atoms with Crippen molar-refractivity contribution in [1.82, 2.24) is 10.2 Å². The maximum Gasteiger partial charge on any atom is 0.410 e. The van der Waals surface area contributed by atoms with Crippen LogP contribution in [0.4, 0.5) is 9.59 Å². The van der Waals surface area contributed by atoms with Crippen LogP contribution in [0, 0.1) is 0 Å². The van der Waals surface area contributed by atoms with Gasteiger partial charge in [-0.3, -0.25) is 0 Å². The summed E-state index contributed by atoms with van der Waals surface area (Å²) in [5.41, 5.74) is 0.202. The number of nitrogens with zero attached hydrogens (tertiary/aromatic N) is 1. The van der Waals surface area contributed by atoms with Crippen molar-refractivity contribution in [3.63, 3.8) is 0 Å². The molecule has 1 N–H and O–H groups in total. The molecule has 0 aliphatic carbocycles. The third kappa shape index (κ3) is 7.56. The quantitative estimate of drug-likeness (QED) is 0.777. The number of sulfone groups is 1. The fourth-order valence-electron chi connectivity index (χ4n) is 3.10. The number of hydrogen-bond donors (Lipinski definition) is 1. The van der Waals surface area contributed by atoms with Gasteiger partial charge >= 0.3 is 12.2 Å². The minimum atomic E-state index is -3.30. The molecule has 2 amide bonds. The van der Waals surface area contributed by atoms with Crippen molar-refractivity contribution >= 4 is 22.0 Å². The zero-order valence-electron chi connectivity index (χ0n) is 17.4. The standard InChI is InChI=1S/C20H30N2O6S/c1-20(2,3)28-18(23)21-12-16-10-11-17(29(4,25)26)13-22(16)19(24)27-14-15-8-6-5-7-9-15/h5-9,16-17H,10-14H2,1-4H3,(H,21,23). The first-order chi connectivity index (χ1) is 13.5. The van der Waals surface area contributed by atoms with Gasteiger partial charge in [0.1, 0.15) is 12.2 Å². The highest BCUT2D eigenvalue weighted by molar-refractivity contribution is 7.91. The zero-order valence-corrected chi connectivity index (χ0v) is 18.2. The highest BCUT2D eigenvalue weighted by atomic mass is 32.2. The Labute approximate surface area is 172 Å². The second kappa shape index (κ2) is 9.47. The van der Waals surface area contributed by atoms with Gasteiger partial charge < -0.3 is 19.7 Å². The topological polar surface area (TPSA) is 102 Å². The second-order valence-corrected chi connectivity index (χ2v) is 10.6. The average molecular weight is 427 g/mol. The molecule has 0 bridgehead atoms. The fraction of sp³-hybridized carbons (Fsp3) is 0.600. The van der Waals surface area contributed by atoms with E-state index in [1.165, 1.54) is 11.2 Å². The van der Waals surface area contributed by atoms with Crippen LogP contribution in [0.3, 0.4) is 0 Å². The van der Waals surface area contributed by atoms with E-state index in [4.69, 9.17) is 9.47 Å². The number of rotatable bonds is 5. The van der Waals surface area contributed by atoms with Crippen molar-refractivity contribution in [3.8, 4) is 0 Å². The second-order valence-electron chi connectivity index (χ2n) is 8.26. The molecule has 1 fully saturated rings. The summed E-state index contributed by atoms with van der Waals surface area (Å²) >= 11 is 0. The van der Waals surface area contributed by atoms with Crippen molar-refractivity contribution < 1.29 is 27.5 Å². The molecule has 1 saturated heterocycles. The number of ether oxygens (including phenoxy) is 2. The lowest BCUT2D eigenvalue weighted by Crippen LogP contribution is -2.54. The minimum absolute atomic E-state index is 0.0348. The van der Waals surface area contributed by atoms with Gasteiger partial charge in [-0.2, -0.15) is 0 Å². The van der Waals surface area contributed by atoms with Crippen molar-refractivity contribution in [1.29, 1.82) is 0 Å². The summed E-state index contributed by atoms with van der Waals surface area (Å²) < 4.78 is 34.6. The molecular weight excluding hydrogens is 396 g/mol. The molecule has 1 heterocycles. The first-order valence-electron chi connectivity index (χ1n) is 9.59. The molecule has 2 atom stereocenters. The Balaban J connectivity index is 2.03. The Morgan fingerprint density at radius 3 is 2.41 bits per heavy atom. The lowest BCUT2D eigenvalue weighted by molar-refractivity contribution is 0.0461. The van der Waals surface area contributed by atoms with Gasteiger partial charge in [-0.25, -0.2) is 18.0 Å². The number of carbonyl (C=O) groups excluding carboxylic acids is 2. The lowest BCUT2D eigenvalue weighted by atomic mass is 10.0. The Bertz CT molecular complexity index is 804. The van der Waals surface area contributed by atoms with Crippen molar-refractivity contribution in [3.05, 3.63) is 35.9 Å². The summed E-state index contributed by atoms with van der Waals surface area (Å²) in [5, 5.41) is 2.01. The normalized spacial score (nSPS) is 20.1. The van der Waals surface area contributed by atoms with Gasteiger partial charge in [0.05, 0.1) is 11.3 Å². The van der Waals surface area contributed by atoms with Gasteiger partial charge in [-0.15, -0.1) is 0 Å². The number of likely N-dealkylation sites (tertiary alicyclic amines) is 1. The number of alkyl carbamates (subject to hydrolysis) is 1. The van der Waals surface area contributed by atoms with E-state index in [0.29, 0.717) is 12.8 Å². The van der Waals surface area contributed by atoms with E-state index in [0.717, 1.165) is 5.56 Å². The van der Waals surface area contributed by atoms with Crippen LogP contribution in [0.5, 0.6) is 0 Å². The van der Waals surface area contributed by atoms with E-state index in [-0.39, 0.29) is 25.7 Å². The fourth-order valence-corrected chi connectivity index (χ4v) is 4.09. The maximum absolute atomic E-state index is 12.7. The van der Waals surface area contributed by atoms with Gasteiger partial charge in [-0.05, 0) is 39.2 Å². The van der Waals surface area contributed by atoms with E-state index in [1.807, 2.05) is 30.3 Å². The van der Waals surface area contributed by atoms with Gasteiger partial charge in [0, 0.05) is 19.3 Å². The highest BCUT2D eigenvalue weighted by Gasteiger charge is 2.37. The Morgan fingerprint density at radius 1 is 1.17 bits per heavy atom. The number of benzene rings is 1. The van der Waals surface area contributed by atoms with Crippen LogP contribution in [0.25, 0.3) is 0 Å². The van der Waals surface area contributed by atoms with Crippen molar-refractivity contribution in [2.24, 2.45) is 0 Å². The smallest absolute Gasteiger partial charge is 0.410 e. The predicted molar refractivity (Wildman–Crippen MR) is 109 cm³/mol. The van der Waals surface area contributed by atoms with Crippen LogP contribution in [0.1, 0.15) is 39.2 Å². The molecule has 0 aromatic heterocycles. The van der Waals surface area contributed by atoms with E-state index in [2.05, 4.69) is 5.32 Å². The van der Waals surface area contributed by atoms with Crippen molar-refractivity contribution in [2.75, 3.05) is 19.3 Å². The lowest BCUT2D eigenvalue weighted by Gasteiger charge is -2.38.